The van der Waals surface area contributed by atoms with Gasteiger partial charge in [0.05, 0.1) is 18.0 Å². The Morgan fingerprint density at radius 1 is 1.21 bits per heavy atom. The third-order valence-electron chi connectivity index (χ3n) is 3.58. The number of rotatable bonds is 8. The number of furan rings is 1. The van der Waals surface area contributed by atoms with Crippen molar-refractivity contribution in [1.82, 2.24) is 20.5 Å². The third kappa shape index (κ3) is 6.61. The summed E-state index contributed by atoms with van der Waals surface area (Å²) >= 11 is 4.52. The monoisotopic (exact) mass is 475 g/mol. The number of halogens is 1. The Kier molecular flexibility index (Phi) is 7.25. The molecule has 0 fully saturated rings. The molecule has 1 aromatic carbocycles. The van der Waals surface area contributed by atoms with E-state index in [0.29, 0.717) is 22.4 Å². The topological polar surface area (TPSA) is 113 Å². The van der Waals surface area contributed by atoms with Crippen molar-refractivity contribution < 1.29 is 14.0 Å². The van der Waals surface area contributed by atoms with Crippen LogP contribution in [0.1, 0.15) is 17.3 Å². The van der Waals surface area contributed by atoms with Crippen molar-refractivity contribution in [2.45, 2.75) is 12.1 Å². The van der Waals surface area contributed by atoms with Gasteiger partial charge < -0.3 is 15.1 Å². The second kappa shape index (κ2) is 10.1. The van der Waals surface area contributed by atoms with Gasteiger partial charge in [0, 0.05) is 4.47 Å². The number of nitrogens with zero attached hydrogens (tertiary/aromatic N) is 2. The van der Waals surface area contributed by atoms with Crippen molar-refractivity contribution in [3.8, 4) is 0 Å². The first kappa shape index (κ1) is 20.9. The van der Waals surface area contributed by atoms with Crippen LogP contribution in [0.3, 0.4) is 0 Å². The molecule has 0 radical (unpaired) electrons. The molecule has 3 N–H and O–H groups in total. The number of anilines is 1. The molecular formula is C19H18BrN5O3S. The largest absolute Gasteiger partial charge is 0.462 e. The fraction of sp³-hybridized carbons (Fsp3) is 0.158. The highest BCUT2D eigenvalue weighted by atomic mass is 79.9. The fourth-order valence-corrected chi connectivity index (χ4v) is 3.24. The molecule has 150 valence electrons. The van der Waals surface area contributed by atoms with Crippen LogP contribution in [0.25, 0.3) is 12.2 Å². The summed E-state index contributed by atoms with van der Waals surface area (Å²) in [5, 5.41) is 12.6. The maximum absolute atomic E-state index is 11.9. The first-order valence-electron chi connectivity index (χ1n) is 8.60. The van der Waals surface area contributed by atoms with Crippen LogP contribution in [0.15, 0.2) is 50.4 Å². The Hall–Kier alpha value is -2.85. The number of thioether (sulfide) groups is 1. The lowest BCUT2D eigenvalue weighted by Gasteiger charge is -2.08. The van der Waals surface area contributed by atoms with Crippen LogP contribution in [0.5, 0.6) is 0 Å². The van der Waals surface area contributed by atoms with E-state index >= 15 is 0 Å². The molecule has 3 aromatic rings. The number of hydrogen-bond donors (Lipinski definition) is 3. The lowest BCUT2D eigenvalue weighted by Crippen LogP contribution is -2.33. The minimum atomic E-state index is -0.311. The van der Waals surface area contributed by atoms with Gasteiger partial charge in [-0.05, 0) is 59.3 Å². The van der Waals surface area contributed by atoms with Crippen LogP contribution >= 0.6 is 27.7 Å². The standard InChI is InChI=1S/C19H18BrN5O3S/c1-12-6-7-13(28-12)8-9-16-23-19(25-24-16)29-11-18(27)21-10-17(26)22-15-5-3-2-4-14(15)20/h2-9H,10-11H2,1H3,(H,21,27)(H,22,26)(H,23,24,25)/b9-8+. The van der Waals surface area contributed by atoms with Crippen LogP contribution in [-0.4, -0.2) is 39.3 Å². The number of H-pyrrole nitrogens is 1. The smallest absolute Gasteiger partial charge is 0.243 e. The maximum Gasteiger partial charge on any atom is 0.243 e. The number of carbonyl (C=O) groups excluding carboxylic acids is 2. The molecule has 0 atom stereocenters. The quantitative estimate of drug-likeness (QED) is 0.429. The van der Waals surface area contributed by atoms with Gasteiger partial charge >= 0.3 is 0 Å². The third-order valence-corrected chi connectivity index (χ3v) is 5.11. The minimum absolute atomic E-state index is 0.0979. The number of aryl methyl sites for hydroxylation is 1. The fourth-order valence-electron chi connectivity index (χ4n) is 2.22. The normalized spacial score (nSPS) is 11.0. The number of hydrogen-bond acceptors (Lipinski definition) is 6. The van der Waals surface area contributed by atoms with Gasteiger partial charge in [-0.1, -0.05) is 23.9 Å². The number of carbonyl (C=O) groups is 2. The molecule has 0 bridgehead atoms. The predicted octanol–water partition coefficient (Wildman–Crippen LogP) is 3.49. The average Bonchev–Trinajstić information content (AvgIpc) is 3.33. The molecule has 0 aliphatic heterocycles. The van der Waals surface area contributed by atoms with Crippen molar-refractivity contribution in [3.05, 3.63) is 58.2 Å². The summed E-state index contributed by atoms with van der Waals surface area (Å²) in [6.45, 7) is 1.75. The van der Waals surface area contributed by atoms with E-state index in [-0.39, 0.29) is 24.1 Å². The van der Waals surface area contributed by atoms with E-state index in [2.05, 4.69) is 41.7 Å². The molecule has 2 heterocycles. The molecule has 10 heteroatoms. The highest BCUT2D eigenvalue weighted by molar-refractivity contribution is 9.10. The van der Waals surface area contributed by atoms with Gasteiger partial charge in [0.2, 0.25) is 17.0 Å². The summed E-state index contributed by atoms with van der Waals surface area (Å²) in [5.41, 5.74) is 0.645. The Labute approximate surface area is 179 Å². The zero-order valence-corrected chi connectivity index (χ0v) is 17.8. The van der Waals surface area contributed by atoms with Crippen molar-refractivity contribution in [2.24, 2.45) is 0 Å². The Bertz CT molecular complexity index is 1030. The number of aromatic amines is 1. The molecule has 0 saturated heterocycles. The van der Waals surface area contributed by atoms with Crippen molar-refractivity contribution in [1.29, 1.82) is 0 Å². The van der Waals surface area contributed by atoms with Gasteiger partial charge in [-0.25, -0.2) is 4.98 Å². The predicted molar refractivity (Wildman–Crippen MR) is 115 cm³/mol. The van der Waals surface area contributed by atoms with Crippen LogP contribution < -0.4 is 10.6 Å². The summed E-state index contributed by atoms with van der Waals surface area (Å²) in [6.07, 6.45) is 3.51. The summed E-state index contributed by atoms with van der Waals surface area (Å²) in [5.74, 6) is 1.59. The van der Waals surface area contributed by atoms with E-state index in [0.717, 1.165) is 10.2 Å². The highest BCUT2D eigenvalue weighted by Gasteiger charge is 2.10. The number of benzene rings is 1. The summed E-state index contributed by atoms with van der Waals surface area (Å²) in [7, 11) is 0. The van der Waals surface area contributed by atoms with Gasteiger partial charge in [-0.15, -0.1) is 5.10 Å². The molecule has 0 aliphatic rings. The lowest BCUT2D eigenvalue weighted by molar-refractivity contribution is -0.122. The van der Waals surface area contributed by atoms with Crippen molar-refractivity contribution in [2.75, 3.05) is 17.6 Å². The molecule has 0 unspecified atom stereocenters. The van der Waals surface area contributed by atoms with Gasteiger partial charge in [0.25, 0.3) is 0 Å². The van der Waals surface area contributed by atoms with Gasteiger partial charge in [0.15, 0.2) is 0 Å². The molecule has 2 aromatic heterocycles. The van der Waals surface area contributed by atoms with E-state index in [9.17, 15) is 9.59 Å². The van der Waals surface area contributed by atoms with Crippen molar-refractivity contribution in [3.63, 3.8) is 0 Å². The number of amides is 2. The second-order valence-corrected chi connectivity index (χ2v) is 7.68. The SMILES string of the molecule is Cc1ccc(/C=C/c2nc(SCC(=O)NCC(=O)Nc3ccccc3Br)n[nH]2)o1. The summed E-state index contributed by atoms with van der Waals surface area (Å²) in [6, 6.07) is 11.0. The van der Waals surface area contributed by atoms with E-state index in [1.54, 1.807) is 18.2 Å². The summed E-state index contributed by atoms with van der Waals surface area (Å²) in [4.78, 5) is 28.2. The number of aromatic nitrogens is 3. The van der Waals surface area contributed by atoms with E-state index < -0.39 is 0 Å². The molecule has 0 aliphatic carbocycles. The van der Waals surface area contributed by atoms with Crippen LogP contribution in [0.4, 0.5) is 5.69 Å². The Balaban J connectivity index is 1.40. The number of nitrogens with one attached hydrogen (secondary N) is 3. The lowest BCUT2D eigenvalue weighted by atomic mass is 10.3. The van der Waals surface area contributed by atoms with E-state index in [1.165, 1.54) is 11.8 Å². The summed E-state index contributed by atoms with van der Waals surface area (Å²) < 4.78 is 6.21. The highest BCUT2D eigenvalue weighted by Crippen LogP contribution is 2.20. The molecule has 3 rings (SSSR count). The van der Waals surface area contributed by atoms with Crippen LogP contribution in [-0.2, 0) is 9.59 Å². The molecule has 2 amide bonds. The van der Waals surface area contributed by atoms with E-state index in [1.807, 2.05) is 37.3 Å². The first-order valence-corrected chi connectivity index (χ1v) is 10.4. The number of para-hydroxylation sites is 1. The average molecular weight is 476 g/mol. The molecule has 29 heavy (non-hydrogen) atoms. The molecule has 0 saturated carbocycles. The molecular weight excluding hydrogens is 458 g/mol. The van der Waals surface area contributed by atoms with Crippen molar-refractivity contribution >= 4 is 57.3 Å². The van der Waals surface area contributed by atoms with Gasteiger partial charge in [-0.3, -0.25) is 14.7 Å². The Morgan fingerprint density at radius 3 is 2.79 bits per heavy atom. The Morgan fingerprint density at radius 2 is 2.03 bits per heavy atom. The van der Waals surface area contributed by atoms with Gasteiger partial charge in [-0.2, -0.15) is 0 Å². The second-order valence-electron chi connectivity index (χ2n) is 5.88. The maximum atomic E-state index is 11.9. The van der Waals surface area contributed by atoms with Crippen LogP contribution in [0, 0.1) is 6.92 Å². The zero-order chi connectivity index (χ0) is 20.6. The zero-order valence-electron chi connectivity index (χ0n) is 15.4. The molecule has 8 nitrogen and oxygen atoms in total. The minimum Gasteiger partial charge on any atom is -0.462 e. The van der Waals surface area contributed by atoms with Crippen LogP contribution in [0.2, 0.25) is 0 Å². The van der Waals surface area contributed by atoms with E-state index in [4.69, 9.17) is 4.42 Å². The molecule has 0 spiro atoms. The van der Waals surface area contributed by atoms with Gasteiger partial charge in [0.1, 0.15) is 17.3 Å². The first-order chi connectivity index (χ1) is 14.0.